The number of fused-ring (bicyclic) bond motifs is 1. The number of nitrogen functional groups attached to an aromatic ring is 1. The van der Waals surface area contributed by atoms with Crippen molar-refractivity contribution in [3.8, 4) is 0 Å². The molecular formula is C13H16N4O2S. The molecule has 0 amide bonds. The maximum atomic E-state index is 12.3. The summed E-state index contributed by atoms with van der Waals surface area (Å²) in [4.78, 5) is 4.20. The van der Waals surface area contributed by atoms with Crippen LogP contribution >= 0.6 is 0 Å². The number of benzene rings is 1. The van der Waals surface area contributed by atoms with Crippen molar-refractivity contribution in [3.63, 3.8) is 0 Å². The predicted molar refractivity (Wildman–Crippen MR) is 79.5 cm³/mol. The number of rotatable bonds is 3. The summed E-state index contributed by atoms with van der Waals surface area (Å²) in [6.45, 7) is 1.14. The molecule has 2 heterocycles. The first kappa shape index (κ1) is 13.1. The number of pyridine rings is 1. The lowest BCUT2D eigenvalue weighted by molar-refractivity contribution is 0.482. The number of nitrogens with one attached hydrogen (secondary N) is 1. The van der Waals surface area contributed by atoms with Crippen LogP contribution in [0.2, 0.25) is 0 Å². The predicted octanol–water partition coefficient (Wildman–Crippen LogP) is 1.57. The highest BCUT2D eigenvalue weighted by atomic mass is 32.2. The highest BCUT2D eigenvalue weighted by molar-refractivity contribution is 7.90. The molecule has 1 aromatic heterocycles. The van der Waals surface area contributed by atoms with Crippen LogP contribution in [0.4, 0.5) is 11.4 Å². The van der Waals surface area contributed by atoms with Gasteiger partial charge in [0.25, 0.3) is 0 Å². The second-order valence-corrected chi connectivity index (χ2v) is 6.49. The molecule has 0 atom stereocenters. The van der Waals surface area contributed by atoms with Crippen LogP contribution in [-0.2, 0) is 10.2 Å². The highest BCUT2D eigenvalue weighted by Gasteiger charge is 2.25. The summed E-state index contributed by atoms with van der Waals surface area (Å²) in [5, 5.41) is 0.704. The zero-order valence-electron chi connectivity index (χ0n) is 10.9. The van der Waals surface area contributed by atoms with Gasteiger partial charge in [-0.15, -0.1) is 0 Å². The van der Waals surface area contributed by atoms with E-state index in [1.54, 1.807) is 30.5 Å². The summed E-state index contributed by atoms with van der Waals surface area (Å²) in [7, 11) is -3.50. The maximum Gasteiger partial charge on any atom is 0.301 e. The Labute approximate surface area is 117 Å². The van der Waals surface area contributed by atoms with Gasteiger partial charge in [0, 0.05) is 24.7 Å². The van der Waals surface area contributed by atoms with E-state index in [9.17, 15) is 8.42 Å². The SMILES string of the molecule is Nc1ccc(NS(=O)(=O)N2CCCC2)c2cccnc12. The molecule has 6 nitrogen and oxygen atoms in total. The first-order valence-corrected chi connectivity index (χ1v) is 7.93. The van der Waals surface area contributed by atoms with Crippen molar-refractivity contribution in [2.45, 2.75) is 12.8 Å². The first-order chi connectivity index (χ1) is 9.58. The van der Waals surface area contributed by atoms with Gasteiger partial charge < -0.3 is 5.73 Å². The van der Waals surface area contributed by atoms with E-state index in [0.29, 0.717) is 35.4 Å². The van der Waals surface area contributed by atoms with Crippen molar-refractivity contribution in [2.24, 2.45) is 0 Å². The monoisotopic (exact) mass is 292 g/mol. The maximum absolute atomic E-state index is 12.3. The Balaban J connectivity index is 2.01. The number of nitrogens with two attached hydrogens (primary N) is 1. The molecule has 7 heteroatoms. The standard InChI is InChI=1S/C13H16N4O2S/c14-11-5-6-12(10-4-3-7-15-13(10)11)16-20(18,19)17-8-1-2-9-17/h3-7,16H,1-2,8-9,14H2. The molecule has 0 bridgehead atoms. The Morgan fingerprint density at radius 3 is 2.70 bits per heavy atom. The molecule has 1 aromatic carbocycles. The fraction of sp³-hybridized carbons (Fsp3) is 0.308. The minimum atomic E-state index is -3.50. The minimum Gasteiger partial charge on any atom is -0.397 e. The largest absolute Gasteiger partial charge is 0.397 e. The van der Waals surface area contributed by atoms with Gasteiger partial charge in [0.2, 0.25) is 0 Å². The fourth-order valence-corrected chi connectivity index (χ4v) is 3.74. The van der Waals surface area contributed by atoms with E-state index in [-0.39, 0.29) is 0 Å². The van der Waals surface area contributed by atoms with E-state index >= 15 is 0 Å². The Morgan fingerprint density at radius 2 is 1.95 bits per heavy atom. The number of hydrogen-bond donors (Lipinski definition) is 2. The van der Waals surface area contributed by atoms with Gasteiger partial charge in [-0.2, -0.15) is 12.7 Å². The molecule has 20 heavy (non-hydrogen) atoms. The Hall–Kier alpha value is -1.86. The molecular weight excluding hydrogens is 276 g/mol. The molecule has 106 valence electrons. The van der Waals surface area contributed by atoms with Crippen molar-refractivity contribution >= 4 is 32.5 Å². The first-order valence-electron chi connectivity index (χ1n) is 6.49. The van der Waals surface area contributed by atoms with Gasteiger partial charge in [-0.05, 0) is 37.1 Å². The van der Waals surface area contributed by atoms with Crippen LogP contribution in [0.5, 0.6) is 0 Å². The lowest BCUT2D eigenvalue weighted by atomic mass is 10.1. The van der Waals surface area contributed by atoms with E-state index in [0.717, 1.165) is 12.8 Å². The number of aromatic nitrogens is 1. The number of anilines is 2. The van der Waals surface area contributed by atoms with Crippen molar-refractivity contribution in [1.29, 1.82) is 0 Å². The molecule has 0 spiro atoms. The van der Waals surface area contributed by atoms with Crippen molar-refractivity contribution in [3.05, 3.63) is 30.5 Å². The Bertz CT molecular complexity index is 739. The fourth-order valence-electron chi connectivity index (χ4n) is 2.42. The number of hydrogen-bond acceptors (Lipinski definition) is 4. The van der Waals surface area contributed by atoms with Crippen molar-refractivity contribution in [2.75, 3.05) is 23.5 Å². The topological polar surface area (TPSA) is 88.3 Å². The van der Waals surface area contributed by atoms with Gasteiger partial charge in [-0.25, -0.2) is 0 Å². The second-order valence-electron chi connectivity index (χ2n) is 4.82. The lowest BCUT2D eigenvalue weighted by Crippen LogP contribution is -2.33. The summed E-state index contributed by atoms with van der Waals surface area (Å²) in [5.41, 5.74) is 7.51. The van der Waals surface area contributed by atoms with E-state index in [1.165, 1.54) is 4.31 Å². The van der Waals surface area contributed by atoms with Crippen molar-refractivity contribution in [1.82, 2.24) is 9.29 Å². The van der Waals surface area contributed by atoms with Gasteiger partial charge in [0.15, 0.2) is 0 Å². The summed E-state index contributed by atoms with van der Waals surface area (Å²) in [6.07, 6.45) is 3.45. The normalized spacial score (nSPS) is 16.6. The highest BCUT2D eigenvalue weighted by Crippen LogP contribution is 2.28. The molecule has 1 saturated heterocycles. The summed E-state index contributed by atoms with van der Waals surface area (Å²) in [6, 6.07) is 6.90. The Kier molecular flexibility index (Phi) is 3.23. The summed E-state index contributed by atoms with van der Waals surface area (Å²) < 4.78 is 28.7. The van der Waals surface area contributed by atoms with Crippen LogP contribution in [0.25, 0.3) is 10.9 Å². The average Bonchev–Trinajstić information content (AvgIpc) is 2.97. The molecule has 0 radical (unpaired) electrons. The molecule has 0 saturated carbocycles. The molecule has 1 aliphatic rings. The molecule has 1 fully saturated rings. The Morgan fingerprint density at radius 1 is 1.20 bits per heavy atom. The average molecular weight is 292 g/mol. The van der Waals surface area contributed by atoms with Crippen LogP contribution < -0.4 is 10.5 Å². The third-order valence-electron chi connectivity index (χ3n) is 3.44. The second kappa shape index (κ2) is 4.92. The van der Waals surface area contributed by atoms with Gasteiger partial charge in [-0.3, -0.25) is 9.71 Å². The molecule has 2 aromatic rings. The molecule has 3 N–H and O–H groups in total. The van der Waals surface area contributed by atoms with Crippen LogP contribution in [0.3, 0.4) is 0 Å². The lowest BCUT2D eigenvalue weighted by Gasteiger charge is -2.18. The van der Waals surface area contributed by atoms with Gasteiger partial charge in [0.1, 0.15) is 0 Å². The molecule has 0 aliphatic carbocycles. The van der Waals surface area contributed by atoms with Crippen LogP contribution in [-0.4, -0.2) is 30.8 Å². The van der Waals surface area contributed by atoms with Gasteiger partial charge >= 0.3 is 10.2 Å². The van der Waals surface area contributed by atoms with E-state index in [1.807, 2.05) is 0 Å². The van der Waals surface area contributed by atoms with Crippen LogP contribution in [0.1, 0.15) is 12.8 Å². The zero-order valence-corrected chi connectivity index (χ0v) is 11.7. The van der Waals surface area contributed by atoms with Gasteiger partial charge in [-0.1, -0.05) is 0 Å². The van der Waals surface area contributed by atoms with Crippen molar-refractivity contribution < 1.29 is 8.42 Å². The summed E-state index contributed by atoms with van der Waals surface area (Å²) in [5.74, 6) is 0. The summed E-state index contributed by atoms with van der Waals surface area (Å²) >= 11 is 0. The van der Waals surface area contributed by atoms with E-state index < -0.39 is 10.2 Å². The number of nitrogens with zero attached hydrogens (tertiary/aromatic N) is 2. The quantitative estimate of drug-likeness (QED) is 0.840. The van der Waals surface area contributed by atoms with E-state index in [4.69, 9.17) is 5.73 Å². The van der Waals surface area contributed by atoms with Crippen LogP contribution in [0, 0.1) is 0 Å². The van der Waals surface area contributed by atoms with E-state index in [2.05, 4.69) is 9.71 Å². The minimum absolute atomic E-state index is 0.509. The van der Waals surface area contributed by atoms with Crippen LogP contribution in [0.15, 0.2) is 30.5 Å². The molecule has 3 rings (SSSR count). The molecule has 0 unspecified atom stereocenters. The third-order valence-corrected chi connectivity index (χ3v) is 4.97. The smallest absolute Gasteiger partial charge is 0.301 e. The zero-order chi connectivity index (χ0) is 14.2. The molecule has 1 aliphatic heterocycles. The van der Waals surface area contributed by atoms with Gasteiger partial charge in [0.05, 0.1) is 16.9 Å². The third kappa shape index (κ3) is 2.30.